The summed E-state index contributed by atoms with van der Waals surface area (Å²) in [6.07, 6.45) is 2.92. The van der Waals surface area contributed by atoms with Crippen molar-refractivity contribution in [2.24, 2.45) is 0 Å². The van der Waals surface area contributed by atoms with Gasteiger partial charge in [0.2, 0.25) is 0 Å². The van der Waals surface area contributed by atoms with E-state index in [1.54, 1.807) is 0 Å². The van der Waals surface area contributed by atoms with Crippen LogP contribution in [0, 0.1) is 11.3 Å². The third kappa shape index (κ3) is 3.69. The summed E-state index contributed by atoms with van der Waals surface area (Å²) in [6, 6.07) is 9.82. The molecule has 1 fully saturated rings. The number of ether oxygens (including phenoxy) is 1. The zero-order valence-electron chi connectivity index (χ0n) is 11.2. The highest BCUT2D eigenvalue weighted by Gasteiger charge is 2.34. The minimum absolute atomic E-state index is 0.0696. The van der Waals surface area contributed by atoms with Crippen molar-refractivity contribution in [1.82, 2.24) is 5.32 Å². The molecule has 0 amide bonds. The van der Waals surface area contributed by atoms with Crippen molar-refractivity contribution < 1.29 is 9.84 Å². The molecule has 2 rings (SSSR count). The van der Waals surface area contributed by atoms with E-state index in [4.69, 9.17) is 10.00 Å². The molecule has 0 aliphatic heterocycles. The average Bonchev–Trinajstić information content (AvgIpc) is 2.41. The van der Waals surface area contributed by atoms with E-state index in [1.807, 2.05) is 30.3 Å². The lowest BCUT2D eigenvalue weighted by Crippen LogP contribution is -2.46. The van der Waals surface area contributed by atoms with Crippen LogP contribution in [-0.4, -0.2) is 23.9 Å². The van der Waals surface area contributed by atoms with Crippen molar-refractivity contribution in [2.45, 2.75) is 37.8 Å². The van der Waals surface area contributed by atoms with Crippen molar-refractivity contribution in [3.8, 4) is 11.8 Å². The quantitative estimate of drug-likeness (QED) is 0.822. The number of benzene rings is 1. The molecule has 4 nitrogen and oxygen atoms in total. The highest BCUT2D eigenvalue weighted by Crippen LogP contribution is 2.31. The van der Waals surface area contributed by atoms with Crippen LogP contribution in [0.5, 0.6) is 5.75 Å². The Kier molecular flexibility index (Phi) is 4.41. The molecule has 1 unspecified atom stereocenters. The molecular weight excluding hydrogens is 240 g/mol. The van der Waals surface area contributed by atoms with Gasteiger partial charge in [-0.15, -0.1) is 0 Å². The number of hydrogen-bond donors (Lipinski definition) is 2. The van der Waals surface area contributed by atoms with Gasteiger partial charge in [0.15, 0.2) is 6.61 Å². The number of nitriles is 1. The van der Waals surface area contributed by atoms with Crippen LogP contribution < -0.4 is 10.1 Å². The second kappa shape index (κ2) is 6.05. The van der Waals surface area contributed by atoms with Crippen molar-refractivity contribution in [1.29, 1.82) is 5.26 Å². The van der Waals surface area contributed by atoms with E-state index in [2.05, 4.69) is 12.2 Å². The molecule has 0 bridgehead atoms. The summed E-state index contributed by atoms with van der Waals surface area (Å²) in [5.41, 5.74) is 0.650. The standard InChI is InChI=1S/C15H20N2O2/c1-12(17-11-15(18)7-2-8-15)13-3-5-14(6-4-13)19-10-9-16/h3-6,12,17-18H,2,7-8,10-11H2,1H3. The molecule has 1 aliphatic carbocycles. The summed E-state index contributed by atoms with van der Waals surface area (Å²) in [7, 11) is 0. The van der Waals surface area contributed by atoms with Gasteiger partial charge in [-0.2, -0.15) is 5.26 Å². The van der Waals surface area contributed by atoms with Crippen LogP contribution in [-0.2, 0) is 0 Å². The molecule has 0 radical (unpaired) electrons. The molecule has 1 aromatic carbocycles. The molecule has 2 N–H and O–H groups in total. The first-order valence-electron chi connectivity index (χ1n) is 6.68. The van der Waals surface area contributed by atoms with Crippen molar-refractivity contribution in [3.05, 3.63) is 29.8 Å². The van der Waals surface area contributed by atoms with Crippen molar-refractivity contribution in [3.63, 3.8) is 0 Å². The Bertz CT molecular complexity index is 446. The Labute approximate surface area is 114 Å². The first-order valence-corrected chi connectivity index (χ1v) is 6.68. The maximum atomic E-state index is 10.0. The summed E-state index contributed by atoms with van der Waals surface area (Å²) < 4.78 is 5.21. The highest BCUT2D eigenvalue weighted by molar-refractivity contribution is 5.29. The lowest BCUT2D eigenvalue weighted by molar-refractivity contribution is -0.0329. The van der Waals surface area contributed by atoms with Crippen LogP contribution in [0.25, 0.3) is 0 Å². The van der Waals surface area contributed by atoms with E-state index >= 15 is 0 Å². The van der Waals surface area contributed by atoms with Crippen LogP contribution >= 0.6 is 0 Å². The minimum atomic E-state index is -0.496. The van der Waals surface area contributed by atoms with Gasteiger partial charge in [-0.25, -0.2) is 0 Å². The molecule has 0 aromatic heterocycles. The Morgan fingerprint density at radius 3 is 2.63 bits per heavy atom. The Hall–Kier alpha value is -1.57. The second-order valence-corrected chi connectivity index (χ2v) is 5.20. The van der Waals surface area contributed by atoms with Crippen molar-refractivity contribution in [2.75, 3.05) is 13.2 Å². The fraction of sp³-hybridized carbons (Fsp3) is 0.533. The van der Waals surface area contributed by atoms with Gasteiger partial charge >= 0.3 is 0 Å². The average molecular weight is 260 g/mol. The molecule has 4 heteroatoms. The van der Waals surface area contributed by atoms with Crippen LogP contribution in [0.3, 0.4) is 0 Å². The molecular formula is C15H20N2O2. The van der Waals surface area contributed by atoms with Crippen LogP contribution in [0.1, 0.15) is 37.8 Å². The maximum absolute atomic E-state index is 10.0. The van der Waals surface area contributed by atoms with Gasteiger partial charge in [-0.3, -0.25) is 0 Å². The number of nitrogens with zero attached hydrogens (tertiary/aromatic N) is 1. The zero-order chi connectivity index (χ0) is 13.7. The fourth-order valence-electron chi connectivity index (χ4n) is 2.19. The summed E-state index contributed by atoms with van der Waals surface area (Å²) in [6.45, 7) is 2.79. The smallest absolute Gasteiger partial charge is 0.174 e. The molecule has 0 spiro atoms. The van der Waals surface area contributed by atoms with E-state index < -0.39 is 5.60 Å². The van der Waals surface area contributed by atoms with Gasteiger partial charge in [0.1, 0.15) is 11.8 Å². The lowest BCUT2D eigenvalue weighted by atomic mass is 9.80. The van der Waals surface area contributed by atoms with Crippen LogP contribution in [0.15, 0.2) is 24.3 Å². The number of nitrogens with one attached hydrogen (secondary N) is 1. The second-order valence-electron chi connectivity index (χ2n) is 5.20. The topological polar surface area (TPSA) is 65.3 Å². The monoisotopic (exact) mass is 260 g/mol. The number of aliphatic hydroxyl groups is 1. The summed E-state index contributed by atoms with van der Waals surface area (Å²) in [5, 5.41) is 21.8. The first kappa shape index (κ1) is 13.9. The molecule has 102 valence electrons. The van der Waals surface area contributed by atoms with E-state index in [0.29, 0.717) is 12.3 Å². The van der Waals surface area contributed by atoms with Gasteiger partial charge in [-0.1, -0.05) is 12.1 Å². The highest BCUT2D eigenvalue weighted by atomic mass is 16.5. The predicted molar refractivity (Wildman–Crippen MR) is 72.8 cm³/mol. The Morgan fingerprint density at radius 1 is 1.42 bits per heavy atom. The lowest BCUT2D eigenvalue weighted by Gasteiger charge is -2.37. The van der Waals surface area contributed by atoms with Gasteiger partial charge in [0, 0.05) is 12.6 Å². The van der Waals surface area contributed by atoms with E-state index in [-0.39, 0.29) is 12.6 Å². The van der Waals surface area contributed by atoms with Gasteiger partial charge in [0.05, 0.1) is 5.60 Å². The molecule has 1 aromatic rings. The largest absolute Gasteiger partial charge is 0.479 e. The molecule has 1 atom stereocenters. The van der Waals surface area contributed by atoms with Gasteiger partial charge < -0.3 is 15.2 Å². The maximum Gasteiger partial charge on any atom is 0.174 e. The van der Waals surface area contributed by atoms with Crippen LogP contribution in [0.2, 0.25) is 0 Å². The van der Waals surface area contributed by atoms with Crippen LogP contribution in [0.4, 0.5) is 0 Å². The van der Waals surface area contributed by atoms with Gasteiger partial charge in [0.25, 0.3) is 0 Å². The summed E-state index contributed by atoms with van der Waals surface area (Å²) in [5.74, 6) is 0.704. The normalized spacial score (nSPS) is 18.2. The predicted octanol–water partition coefficient (Wildman–Crippen LogP) is 2.15. The Morgan fingerprint density at radius 2 is 2.11 bits per heavy atom. The minimum Gasteiger partial charge on any atom is -0.479 e. The Balaban J connectivity index is 1.85. The summed E-state index contributed by atoms with van der Waals surface area (Å²) in [4.78, 5) is 0. The fourth-order valence-corrected chi connectivity index (χ4v) is 2.19. The van der Waals surface area contributed by atoms with E-state index in [0.717, 1.165) is 24.8 Å². The molecule has 0 saturated heterocycles. The molecule has 1 saturated carbocycles. The third-order valence-electron chi connectivity index (χ3n) is 3.71. The molecule has 19 heavy (non-hydrogen) atoms. The van der Waals surface area contributed by atoms with E-state index in [1.165, 1.54) is 0 Å². The molecule has 0 heterocycles. The number of hydrogen-bond acceptors (Lipinski definition) is 4. The number of rotatable bonds is 6. The SMILES string of the molecule is CC(NCC1(O)CCC1)c1ccc(OCC#N)cc1. The zero-order valence-corrected chi connectivity index (χ0v) is 11.2. The molecule has 1 aliphatic rings. The third-order valence-corrected chi connectivity index (χ3v) is 3.71. The first-order chi connectivity index (χ1) is 9.13. The van der Waals surface area contributed by atoms with Crippen molar-refractivity contribution >= 4 is 0 Å². The van der Waals surface area contributed by atoms with E-state index in [9.17, 15) is 5.11 Å². The summed E-state index contributed by atoms with van der Waals surface area (Å²) >= 11 is 0. The van der Waals surface area contributed by atoms with Gasteiger partial charge in [-0.05, 0) is 43.9 Å².